The van der Waals surface area contributed by atoms with E-state index in [1.165, 1.54) is 0 Å². The van der Waals surface area contributed by atoms with E-state index in [1.54, 1.807) is 0 Å². The summed E-state index contributed by atoms with van der Waals surface area (Å²) in [6, 6.07) is 7.45. The minimum absolute atomic E-state index is 0.482. The Balaban J connectivity index is 2.23. The quantitative estimate of drug-likeness (QED) is 0.570. The maximum atomic E-state index is 11.1. The van der Waals surface area contributed by atoms with Crippen LogP contribution in [0.3, 0.4) is 0 Å². The summed E-state index contributed by atoms with van der Waals surface area (Å²) in [6.45, 7) is 0.790. The molecule has 0 spiro atoms. The average Bonchev–Trinajstić information content (AvgIpc) is 2.52. The van der Waals surface area contributed by atoms with Crippen LogP contribution in [0.1, 0.15) is 24.5 Å². The molecule has 1 atom stereocenters. The van der Waals surface area contributed by atoms with E-state index in [1.807, 2.05) is 24.3 Å². The van der Waals surface area contributed by atoms with E-state index in [-0.39, 0.29) is 0 Å². The molecule has 0 fully saturated rings. The minimum Gasteiger partial charge on any atom is -0.473 e. The summed E-state index contributed by atoms with van der Waals surface area (Å²) in [4.78, 5) is 21.6. The van der Waals surface area contributed by atoms with Crippen molar-refractivity contribution < 1.29 is 19.4 Å². The standard InChI is InChI=1S/C12H13NO4/c14-11(15)12(16)17-10-6-3-7-13-9-5-2-1-4-8(9)10/h1-2,4-5,10,13H,3,6-7H2,(H,14,15). The van der Waals surface area contributed by atoms with Crippen LogP contribution < -0.4 is 5.32 Å². The van der Waals surface area contributed by atoms with Gasteiger partial charge in [0.25, 0.3) is 0 Å². The number of para-hydroxylation sites is 1. The van der Waals surface area contributed by atoms with Gasteiger partial charge in [-0.2, -0.15) is 0 Å². The summed E-state index contributed by atoms with van der Waals surface area (Å²) >= 11 is 0. The maximum absolute atomic E-state index is 11.1. The fourth-order valence-electron chi connectivity index (χ4n) is 1.91. The number of carbonyl (C=O) groups is 2. The van der Waals surface area contributed by atoms with Gasteiger partial charge in [-0.25, -0.2) is 9.59 Å². The molecule has 0 radical (unpaired) electrons. The Morgan fingerprint density at radius 1 is 1.35 bits per heavy atom. The predicted octanol–water partition coefficient (Wildman–Crippen LogP) is 1.56. The second-order valence-corrected chi connectivity index (χ2v) is 3.86. The molecule has 1 aromatic carbocycles. The number of rotatable bonds is 1. The Labute approximate surface area is 98.4 Å². The molecule has 1 aromatic rings. The Kier molecular flexibility index (Phi) is 3.27. The third kappa shape index (κ3) is 2.55. The summed E-state index contributed by atoms with van der Waals surface area (Å²) in [5.41, 5.74) is 1.73. The molecule has 0 amide bonds. The van der Waals surface area contributed by atoms with Crippen LogP contribution in [-0.2, 0) is 14.3 Å². The highest BCUT2D eigenvalue weighted by Crippen LogP contribution is 2.31. The minimum atomic E-state index is -1.56. The van der Waals surface area contributed by atoms with Gasteiger partial charge >= 0.3 is 11.9 Å². The lowest BCUT2D eigenvalue weighted by atomic mass is 10.0. The van der Waals surface area contributed by atoms with Crippen molar-refractivity contribution in [1.82, 2.24) is 0 Å². The fraction of sp³-hybridized carbons (Fsp3) is 0.333. The van der Waals surface area contributed by atoms with Gasteiger partial charge in [0, 0.05) is 17.8 Å². The van der Waals surface area contributed by atoms with Crippen LogP contribution >= 0.6 is 0 Å². The first-order valence-corrected chi connectivity index (χ1v) is 5.45. The number of aliphatic carboxylic acids is 1. The van der Waals surface area contributed by atoms with E-state index in [0.29, 0.717) is 6.42 Å². The summed E-state index contributed by atoms with van der Waals surface area (Å²) in [7, 11) is 0. The van der Waals surface area contributed by atoms with Crippen molar-refractivity contribution >= 4 is 17.6 Å². The van der Waals surface area contributed by atoms with Crippen molar-refractivity contribution in [2.75, 3.05) is 11.9 Å². The Morgan fingerprint density at radius 2 is 2.12 bits per heavy atom. The van der Waals surface area contributed by atoms with Gasteiger partial charge < -0.3 is 15.2 Å². The first kappa shape index (κ1) is 11.4. The summed E-state index contributed by atoms with van der Waals surface area (Å²) < 4.78 is 4.98. The van der Waals surface area contributed by atoms with Gasteiger partial charge in [-0.1, -0.05) is 18.2 Å². The summed E-state index contributed by atoms with van der Waals surface area (Å²) in [5, 5.41) is 11.8. The highest BCUT2D eigenvalue weighted by atomic mass is 16.6. The molecule has 0 saturated carbocycles. The van der Waals surface area contributed by atoms with Crippen LogP contribution in [0.15, 0.2) is 24.3 Å². The van der Waals surface area contributed by atoms with Crippen molar-refractivity contribution in [3.8, 4) is 0 Å². The lowest BCUT2D eigenvalue weighted by molar-refractivity contribution is -0.167. The molecular formula is C12H13NO4. The molecule has 1 unspecified atom stereocenters. The van der Waals surface area contributed by atoms with Crippen molar-refractivity contribution in [1.29, 1.82) is 0 Å². The monoisotopic (exact) mass is 235 g/mol. The number of carboxylic acids is 1. The molecule has 5 heteroatoms. The van der Waals surface area contributed by atoms with Crippen molar-refractivity contribution in [2.24, 2.45) is 0 Å². The lowest BCUT2D eigenvalue weighted by Crippen LogP contribution is -2.19. The summed E-state index contributed by atoms with van der Waals surface area (Å²) in [6.07, 6.45) is 0.972. The fourth-order valence-corrected chi connectivity index (χ4v) is 1.91. The SMILES string of the molecule is O=C(O)C(=O)OC1CCCNc2ccccc21. The Bertz CT molecular complexity index is 444. The van der Waals surface area contributed by atoms with Gasteiger partial charge in [0.2, 0.25) is 0 Å². The Morgan fingerprint density at radius 3 is 2.88 bits per heavy atom. The third-order valence-corrected chi connectivity index (χ3v) is 2.69. The third-order valence-electron chi connectivity index (χ3n) is 2.69. The van der Waals surface area contributed by atoms with Gasteiger partial charge in [0.15, 0.2) is 0 Å². The van der Waals surface area contributed by atoms with Gasteiger partial charge in [0.05, 0.1) is 0 Å². The molecule has 0 saturated heterocycles. The smallest absolute Gasteiger partial charge is 0.417 e. The number of esters is 1. The van der Waals surface area contributed by atoms with Crippen molar-refractivity contribution in [3.63, 3.8) is 0 Å². The molecule has 0 aromatic heterocycles. The first-order valence-electron chi connectivity index (χ1n) is 5.45. The maximum Gasteiger partial charge on any atom is 0.417 e. The second-order valence-electron chi connectivity index (χ2n) is 3.86. The number of fused-ring (bicyclic) bond motifs is 1. The molecule has 17 heavy (non-hydrogen) atoms. The van der Waals surface area contributed by atoms with Crippen LogP contribution in [0.2, 0.25) is 0 Å². The normalized spacial score (nSPS) is 18.5. The second kappa shape index (κ2) is 4.86. The molecule has 1 aliphatic heterocycles. The highest BCUT2D eigenvalue weighted by Gasteiger charge is 2.24. The molecule has 5 nitrogen and oxygen atoms in total. The topological polar surface area (TPSA) is 75.6 Å². The van der Waals surface area contributed by atoms with Crippen molar-refractivity contribution in [3.05, 3.63) is 29.8 Å². The van der Waals surface area contributed by atoms with Crippen LogP contribution in [0.4, 0.5) is 5.69 Å². The molecule has 0 aliphatic carbocycles. The van der Waals surface area contributed by atoms with Crippen LogP contribution in [-0.4, -0.2) is 23.6 Å². The molecular weight excluding hydrogens is 222 g/mol. The number of carbonyl (C=O) groups excluding carboxylic acids is 1. The van der Waals surface area contributed by atoms with Crippen LogP contribution in [0.25, 0.3) is 0 Å². The number of anilines is 1. The molecule has 1 aliphatic rings. The highest BCUT2D eigenvalue weighted by molar-refractivity contribution is 6.28. The largest absolute Gasteiger partial charge is 0.473 e. The van der Waals surface area contributed by atoms with E-state index in [9.17, 15) is 9.59 Å². The zero-order valence-electron chi connectivity index (χ0n) is 9.18. The zero-order chi connectivity index (χ0) is 12.3. The molecule has 2 rings (SSSR count). The van der Waals surface area contributed by atoms with Crippen molar-refractivity contribution in [2.45, 2.75) is 18.9 Å². The number of hydrogen-bond acceptors (Lipinski definition) is 4. The summed E-state index contributed by atoms with van der Waals surface area (Å²) in [5.74, 6) is -2.76. The molecule has 1 heterocycles. The Hall–Kier alpha value is -2.04. The average molecular weight is 235 g/mol. The molecule has 90 valence electrons. The van der Waals surface area contributed by atoms with E-state index >= 15 is 0 Å². The van der Waals surface area contributed by atoms with Gasteiger partial charge in [-0.3, -0.25) is 0 Å². The number of ether oxygens (including phenoxy) is 1. The predicted molar refractivity (Wildman–Crippen MR) is 60.6 cm³/mol. The van der Waals surface area contributed by atoms with E-state index in [2.05, 4.69) is 5.32 Å². The van der Waals surface area contributed by atoms with E-state index in [0.717, 1.165) is 24.2 Å². The van der Waals surface area contributed by atoms with E-state index < -0.39 is 18.0 Å². The number of hydrogen-bond donors (Lipinski definition) is 2. The van der Waals surface area contributed by atoms with E-state index in [4.69, 9.17) is 9.84 Å². The number of carboxylic acid groups (broad SMARTS) is 1. The van der Waals surface area contributed by atoms with Crippen LogP contribution in [0, 0.1) is 0 Å². The van der Waals surface area contributed by atoms with Gasteiger partial charge in [-0.15, -0.1) is 0 Å². The molecule has 2 N–H and O–H groups in total. The number of nitrogens with one attached hydrogen (secondary N) is 1. The zero-order valence-corrected chi connectivity index (χ0v) is 9.18. The lowest BCUT2D eigenvalue weighted by Gasteiger charge is -2.16. The molecule has 0 bridgehead atoms. The van der Waals surface area contributed by atoms with Gasteiger partial charge in [-0.05, 0) is 18.9 Å². The number of benzene rings is 1. The van der Waals surface area contributed by atoms with Crippen LogP contribution in [0.5, 0.6) is 0 Å². The van der Waals surface area contributed by atoms with Gasteiger partial charge in [0.1, 0.15) is 6.10 Å². The first-order chi connectivity index (χ1) is 8.18.